The van der Waals surface area contributed by atoms with Gasteiger partial charge < -0.3 is 5.32 Å². The molecule has 0 aromatic heterocycles. The van der Waals surface area contributed by atoms with E-state index in [1.807, 2.05) is 0 Å². The molecule has 0 saturated carbocycles. The molecule has 8 heavy (non-hydrogen) atoms. The molecule has 1 fully saturated rings. The molecule has 1 nitrogen and oxygen atoms in total. The van der Waals surface area contributed by atoms with Crippen molar-refractivity contribution in [2.75, 3.05) is 12.3 Å². The molecule has 0 aromatic rings. The van der Waals surface area contributed by atoms with Gasteiger partial charge in [0, 0.05) is 11.8 Å². The van der Waals surface area contributed by atoms with E-state index in [4.69, 9.17) is 0 Å². The lowest BCUT2D eigenvalue weighted by atomic mass is 10.1. The van der Waals surface area contributed by atoms with Crippen LogP contribution in [0.3, 0.4) is 0 Å². The standard InChI is InChI=1S/C6H13NS/c8-5-6-3-1-2-4-7-6/h6-8H,1-5H2/t6-/m0/s1. The second kappa shape index (κ2) is 3.36. The number of rotatable bonds is 1. The normalized spacial score (nSPS) is 30.4. The maximum atomic E-state index is 4.20. The van der Waals surface area contributed by atoms with E-state index in [1.54, 1.807) is 0 Å². The van der Waals surface area contributed by atoms with Crippen molar-refractivity contribution >= 4 is 12.6 Å². The number of nitrogens with one attached hydrogen (secondary N) is 1. The third-order valence-corrected chi connectivity index (χ3v) is 2.07. The van der Waals surface area contributed by atoms with E-state index in [-0.39, 0.29) is 0 Å². The molecule has 0 spiro atoms. The zero-order valence-electron chi connectivity index (χ0n) is 5.06. The highest BCUT2D eigenvalue weighted by atomic mass is 32.1. The average Bonchev–Trinajstić information content (AvgIpc) is 1.90. The van der Waals surface area contributed by atoms with Gasteiger partial charge in [-0.25, -0.2) is 0 Å². The maximum Gasteiger partial charge on any atom is 0.0155 e. The van der Waals surface area contributed by atoms with Crippen molar-refractivity contribution in [3.63, 3.8) is 0 Å². The summed E-state index contributed by atoms with van der Waals surface area (Å²) < 4.78 is 0. The number of piperidine rings is 1. The van der Waals surface area contributed by atoms with Crippen molar-refractivity contribution in [1.82, 2.24) is 5.32 Å². The molecule has 2 heteroatoms. The van der Waals surface area contributed by atoms with Crippen molar-refractivity contribution in [2.24, 2.45) is 0 Å². The summed E-state index contributed by atoms with van der Waals surface area (Å²) in [5, 5.41) is 3.39. The Labute approximate surface area is 56.3 Å². The Kier molecular flexibility index (Phi) is 2.70. The van der Waals surface area contributed by atoms with Gasteiger partial charge in [0.05, 0.1) is 0 Å². The Morgan fingerprint density at radius 1 is 1.50 bits per heavy atom. The monoisotopic (exact) mass is 131 g/mol. The van der Waals surface area contributed by atoms with Crippen LogP contribution in [0.4, 0.5) is 0 Å². The molecule has 48 valence electrons. The molecule has 1 rings (SSSR count). The summed E-state index contributed by atoms with van der Waals surface area (Å²) >= 11 is 4.20. The summed E-state index contributed by atoms with van der Waals surface area (Å²) in [6.07, 6.45) is 4.06. The largest absolute Gasteiger partial charge is 0.313 e. The van der Waals surface area contributed by atoms with Gasteiger partial charge in [-0.1, -0.05) is 6.42 Å². The van der Waals surface area contributed by atoms with Gasteiger partial charge in [-0.15, -0.1) is 0 Å². The molecular formula is C6H13NS. The second-order valence-corrected chi connectivity index (χ2v) is 2.69. The van der Waals surface area contributed by atoms with Crippen molar-refractivity contribution < 1.29 is 0 Å². The van der Waals surface area contributed by atoms with Crippen molar-refractivity contribution in [3.05, 3.63) is 0 Å². The fourth-order valence-corrected chi connectivity index (χ4v) is 1.39. The van der Waals surface area contributed by atoms with Crippen LogP contribution in [0.5, 0.6) is 0 Å². The van der Waals surface area contributed by atoms with Crippen molar-refractivity contribution in [2.45, 2.75) is 25.3 Å². The molecular weight excluding hydrogens is 118 g/mol. The third-order valence-electron chi connectivity index (χ3n) is 1.63. The first kappa shape index (κ1) is 6.43. The predicted molar refractivity (Wildman–Crippen MR) is 39.5 cm³/mol. The smallest absolute Gasteiger partial charge is 0.0155 e. The SMILES string of the molecule is SC[C@@H]1CCCCN1. The van der Waals surface area contributed by atoms with E-state index in [0.29, 0.717) is 6.04 Å². The van der Waals surface area contributed by atoms with Crippen LogP contribution in [0.15, 0.2) is 0 Å². The van der Waals surface area contributed by atoms with Crippen LogP contribution in [-0.2, 0) is 0 Å². The van der Waals surface area contributed by atoms with E-state index in [0.717, 1.165) is 5.75 Å². The minimum absolute atomic E-state index is 0.701. The van der Waals surface area contributed by atoms with Gasteiger partial charge in [0.2, 0.25) is 0 Å². The van der Waals surface area contributed by atoms with E-state index >= 15 is 0 Å². The van der Waals surface area contributed by atoms with Crippen LogP contribution in [0.2, 0.25) is 0 Å². The Balaban J connectivity index is 2.13. The Hall–Kier alpha value is 0.310. The summed E-state index contributed by atoms with van der Waals surface area (Å²) in [5.74, 6) is 1.00. The van der Waals surface area contributed by atoms with E-state index in [2.05, 4.69) is 17.9 Å². The third kappa shape index (κ3) is 1.67. The molecule has 0 radical (unpaired) electrons. The number of thiol groups is 1. The summed E-state index contributed by atoms with van der Waals surface area (Å²) in [7, 11) is 0. The fraction of sp³-hybridized carbons (Fsp3) is 1.00. The van der Waals surface area contributed by atoms with E-state index in [9.17, 15) is 0 Å². The van der Waals surface area contributed by atoms with Crippen molar-refractivity contribution in [3.8, 4) is 0 Å². The zero-order chi connectivity index (χ0) is 5.82. The first-order valence-corrected chi connectivity index (χ1v) is 3.91. The molecule has 1 aliphatic heterocycles. The van der Waals surface area contributed by atoms with Gasteiger partial charge in [-0.05, 0) is 19.4 Å². The van der Waals surface area contributed by atoms with Gasteiger partial charge in [0.25, 0.3) is 0 Å². The zero-order valence-corrected chi connectivity index (χ0v) is 5.95. The number of hydrogen-bond acceptors (Lipinski definition) is 2. The summed E-state index contributed by atoms with van der Waals surface area (Å²) in [5.41, 5.74) is 0. The summed E-state index contributed by atoms with van der Waals surface area (Å²) in [4.78, 5) is 0. The predicted octanol–water partition coefficient (Wildman–Crippen LogP) is 1.06. The minimum atomic E-state index is 0.701. The van der Waals surface area contributed by atoms with E-state index in [1.165, 1.54) is 25.8 Å². The molecule has 0 aromatic carbocycles. The minimum Gasteiger partial charge on any atom is -0.313 e. The van der Waals surface area contributed by atoms with E-state index < -0.39 is 0 Å². The van der Waals surface area contributed by atoms with Gasteiger partial charge >= 0.3 is 0 Å². The van der Waals surface area contributed by atoms with Gasteiger partial charge in [-0.2, -0.15) is 12.6 Å². The van der Waals surface area contributed by atoms with Gasteiger partial charge in [0.1, 0.15) is 0 Å². The average molecular weight is 131 g/mol. The molecule has 1 N–H and O–H groups in total. The molecule has 0 bridgehead atoms. The van der Waals surface area contributed by atoms with Crippen LogP contribution in [0, 0.1) is 0 Å². The van der Waals surface area contributed by atoms with Crippen LogP contribution >= 0.6 is 12.6 Å². The molecule has 1 atom stereocenters. The lowest BCUT2D eigenvalue weighted by Crippen LogP contribution is -2.35. The Morgan fingerprint density at radius 3 is 2.75 bits per heavy atom. The van der Waals surface area contributed by atoms with Crippen LogP contribution < -0.4 is 5.32 Å². The Morgan fingerprint density at radius 2 is 2.38 bits per heavy atom. The topological polar surface area (TPSA) is 12.0 Å². The van der Waals surface area contributed by atoms with Crippen LogP contribution in [-0.4, -0.2) is 18.3 Å². The second-order valence-electron chi connectivity index (χ2n) is 2.33. The van der Waals surface area contributed by atoms with Gasteiger partial charge in [-0.3, -0.25) is 0 Å². The highest BCUT2D eigenvalue weighted by molar-refractivity contribution is 7.80. The van der Waals surface area contributed by atoms with Gasteiger partial charge in [0.15, 0.2) is 0 Å². The maximum absolute atomic E-state index is 4.20. The highest BCUT2D eigenvalue weighted by Gasteiger charge is 2.08. The van der Waals surface area contributed by atoms with Crippen molar-refractivity contribution in [1.29, 1.82) is 0 Å². The Bertz CT molecular complexity index is 59.5. The molecule has 0 aliphatic carbocycles. The number of hydrogen-bond donors (Lipinski definition) is 2. The fourth-order valence-electron chi connectivity index (χ4n) is 1.08. The molecule has 0 amide bonds. The highest BCUT2D eigenvalue weighted by Crippen LogP contribution is 2.06. The molecule has 1 saturated heterocycles. The lowest BCUT2D eigenvalue weighted by molar-refractivity contribution is 0.430. The quantitative estimate of drug-likeness (QED) is 0.507. The van der Waals surface area contributed by atoms with Crippen LogP contribution in [0.25, 0.3) is 0 Å². The lowest BCUT2D eigenvalue weighted by Gasteiger charge is -2.20. The summed E-state index contributed by atoms with van der Waals surface area (Å²) in [6, 6.07) is 0.701. The first-order valence-electron chi connectivity index (χ1n) is 3.27. The summed E-state index contributed by atoms with van der Waals surface area (Å²) in [6.45, 7) is 1.20. The first-order chi connectivity index (χ1) is 3.93. The van der Waals surface area contributed by atoms with Crippen LogP contribution in [0.1, 0.15) is 19.3 Å². The molecule has 1 heterocycles. The molecule has 0 unspecified atom stereocenters. The molecule has 1 aliphatic rings.